The summed E-state index contributed by atoms with van der Waals surface area (Å²) in [5.41, 5.74) is 4.17. The van der Waals surface area contributed by atoms with Crippen LogP contribution in [0.5, 0.6) is 11.5 Å². The van der Waals surface area contributed by atoms with Gasteiger partial charge in [0.15, 0.2) is 18.9 Å². The first-order chi connectivity index (χ1) is 12.8. The Hall–Kier alpha value is -3.28. The van der Waals surface area contributed by atoms with E-state index in [0.717, 1.165) is 11.8 Å². The number of ether oxygens (including phenoxy) is 1. The largest absolute Gasteiger partial charge is 0.506 e. The third kappa shape index (κ3) is 4.47. The molecule has 6 heteroatoms. The summed E-state index contributed by atoms with van der Waals surface area (Å²) in [5.74, 6) is 0.325. The molecule has 142 valence electrons. The molecule has 2 rings (SSSR count). The number of aromatic hydroxyl groups is 1. The van der Waals surface area contributed by atoms with Gasteiger partial charge >= 0.3 is 0 Å². The molecule has 1 N–H and O–H groups in total. The Morgan fingerprint density at radius 2 is 1.22 bits per heavy atom. The van der Waals surface area contributed by atoms with Crippen LogP contribution in [-0.4, -0.2) is 37.4 Å². The topological polar surface area (TPSA) is 97.7 Å². The van der Waals surface area contributed by atoms with Gasteiger partial charge in [0.1, 0.15) is 17.8 Å². The average Bonchev–Trinajstić information content (AvgIpc) is 2.63. The Bertz CT molecular complexity index is 864. The van der Waals surface area contributed by atoms with E-state index in [1.807, 2.05) is 0 Å². The standard InChI is InChI=1S/C11H12O3.C10H10O3/c1-7-4-9(5-12)8(2)10(6-13)11(7)14-3;1-6-3-7(2)9(5-12)10(13)8(6)4-11/h4-6H,1-3H3;3-5,13H,1-2H3. The Balaban J connectivity index is 0.000000271. The normalized spacial score (nSPS) is 9.67. The fourth-order valence-electron chi connectivity index (χ4n) is 2.78. The molecular formula is C21H22O6. The number of phenolic OH excluding ortho intramolecular Hbond substituents is 1. The number of phenols is 1. The molecular weight excluding hydrogens is 348 g/mol. The summed E-state index contributed by atoms with van der Waals surface area (Å²) in [6.07, 6.45) is 2.57. The van der Waals surface area contributed by atoms with Crippen LogP contribution in [0.4, 0.5) is 0 Å². The molecule has 0 spiro atoms. The van der Waals surface area contributed by atoms with Crippen LogP contribution in [-0.2, 0) is 0 Å². The highest BCUT2D eigenvalue weighted by Crippen LogP contribution is 2.27. The maximum Gasteiger partial charge on any atom is 0.154 e. The van der Waals surface area contributed by atoms with E-state index >= 15 is 0 Å². The highest BCUT2D eigenvalue weighted by Gasteiger charge is 2.13. The Morgan fingerprint density at radius 3 is 1.59 bits per heavy atom. The number of benzene rings is 2. The van der Waals surface area contributed by atoms with Crippen molar-refractivity contribution >= 4 is 25.1 Å². The average molecular weight is 370 g/mol. The zero-order valence-corrected chi connectivity index (χ0v) is 16.0. The van der Waals surface area contributed by atoms with Crippen molar-refractivity contribution in [1.29, 1.82) is 0 Å². The zero-order chi connectivity index (χ0) is 20.7. The van der Waals surface area contributed by atoms with E-state index in [1.54, 1.807) is 39.8 Å². The Labute approximate surface area is 157 Å². The molecule has 0 fully saturated rings. The van der Waals surface area contributed by atoms with Crippen molar-refractivity contribution in [3.63, 3.8) is 0 Å². The van der Waals surface area contributed by atoms with Gasteiger partial charge < -0.3 is 9.84 Å². The van der Waals surface area contributed by atoms with Crippen LogP contribution in [0, 0.1) is 27.7 Å². The molecule has 2 aromatic rings. The van der Waals surface area contributed by atoms with Gasteiger partial charge in [0, 0.05) is 5.56 Å². The van der Waals surface area contributed by atoms with Gasteiger partial charge in [-0.3, -0.25) is 19.2 Å². The summed E-state index contributed by atoms with van der Waals surface area (Å²) in [4.78, 5) is 42.6. The van der Waals surface area contributed by atoms with Crippen LogP contribution in [0.15, 0.2) is 12.1 Å². The molecule has 0 bridgehead atoms. The quantitative estimate of drug-likeness (QED) is 0.808. The van der Waals surface area contributed by atoms with Gasteiger partial charge in [-0.1, -0.05) is 6.07 Å². The minimum Gasteiger partial charge on any atom is -0.506 e. The fraction of sp³-hybridized carbons (Fsp3) is 0.238. The van der Waals surface area contributed by atoms with Crippen LogP contribution in [0.1, 0.15) is 63.7 Å². The smallest absolute Gasteiger partial charge is 0.154 e. The zero-order valence-electron chi connectivity index (χ0n) is 16.0. The predicted octanol–water partition coefficient (Wildman–Crippen LogP) is 3.57. The highest BCUT2D eigenvalue weighted by atomic mass is 16.5. The van der Waals surface area contributed by atoms with E-state index < -0.39 is 0 Å². The lowest BCUT2D eigenvalue weighted by Crippen LogP contribution is -2.00. The van der Waals surface area contributed by atoms with Gasteiger partial charge in [0.05, 0.1) is 23.8 Å². The van der Waals surface area contributed by atoms with Crippen molar-refractivity contribution in [1.82, 2.24) is 0 Å². The second-order valence-corrected chi connectivity index (χ2v) is 6.01. The number of carbonyl (C=O) groups excluding carboxylic acids is 4. The lowest BCUT2D eigenvalue weighted by Gasteiger charge is -2.11. The van der Waals surface area contributed by atoms with Crippen molar-refractivity contribution in [3.8, 4) is 11.5 Å². The van der Waals surface area contributed by atoms with Gasteiger partial charge in [-0.25, -0.2) is 0 Å². The molecule has 0 aliphatic carbocycles. The number of methoxy groups -OCH3 is 1. The van der Waals surface area contributed by atoms with E-state index in [1.165, 1.54) is 7.11 Å². The van der Waals surface area contributed by atoms with Crippen molar-refractivity contribution in [3.05, 3.63) is 56.6 Å². The second kappa shape index (κ2) is 9.43. The van der Waals surface area contributed by atoms with Crippen LogP contribution < -0.4 is 4.74 Å². The van der Waals surface area contributed by atoms with E-state index in [0.29, 0.717) is 52.4 Å². The third-order valence-corrected chi connectivity index (χ3v) is 4.29. The lowest BCUT2D eigenvalue weighted by molar-refractivity contribution is 0.110. The number of aryl methyl sites for hydroxylation is 3. The maximum absolute atomic E-state index is 10.8. The van der Waals surface area contributed by atoms with Crippen LogP contribution in [0.25, 0.3) is 0 Å². The minimum absolute atomic E-state index is 0.188. The molecule has 0 aliphatic heterocycles. The molecule has 0 aliphatic rings. The molecule has 0 amide bonds. The van der Waals surface area contributed by atoms with Gasteiger partial charge in [0.2, 0.25) is 0 Å². The third-order valence-electron chi connectivity index (χ3n) is 4.29. The Morgan fingerprint density at radius 1 is 0.741 bits per heavy atom. The maximum atomic E-state index is 10.8. The number of carbonyl (C=O) groups is 4. The molecule has 0 unspecified atom stereocenters. The van der Waals surface area contributed by atoms with Gasteiger partial charge in [0.25, 0.3) is 0 Å². The van der Waals surface area contributed by atoms with Crippen molar-refractivity contribution in [2.24, 2.45) is 0 Å². The molecule has 0 saturated heterocycles. The number of hydrogen-bond acceptors (Lipinski definition) is 6. The second-order valence-electron chi connectivity index (χ2n) is 6.01. The van der Waals surface area contributed by atoms with E-state index in [4.69, 9.17) is 4.74 Å². The van der Waals surface area contributed by atoms with Crippen LogP contribution >= 0.6 is 0 Å². The number of rotatable bonds is 5. The fourth-order valence-corrected chi connectivity index (χ4v) is 2.78. The monoisotopic (exact) mass is 370 g/mol. The van der Waals surface area contributed by atoms with Gasteiger partial charge in [-0.15, -0.1) is 0 Å². The molecule has 0 radical (unpaired) electrons. The summed E-state index contributed by atoms with van der Waals surface area (Å²) in [7, 11) is 1.51. The van der Waals surface area contributed by atoms with Crippen molar-refractivity contribution in [2.45, 2.75) is 27.7 Å². The van der Waals surface area contributed by atoms with Crippen LogP contribution in [0.3, 0.4) is 0 Å². The first-order valence-corrected chi connectivity index (χ1v) is 8.09. The van der Waals surface area contributed by atoms with E-state index in [-0.39, 0.29) is 16.9 Å². The molecule has 0 heterocycles. The first kappa shape index (κ1) is 21.8. The number of hydrogen-bond donors (Lipinski definition) is 1. The highest BCUT2D eigenvalue weighted by molar-refractivity contribution is 5.91. The summed E-state index contributed by atoms with van der Waals surface area (Å²) >= 11 is 0. The molecule has 6 nitrogen and oxygen atoms in total. The van der Waals surface area contributed by atoms with Crippen molar-refractivity contribution < 1.29 is 29.0 Å². The van der Waals surface area contributed by atoms with E-state index in [9.17, 15) is 24.3 Å². The summed E-state index contributed by atoms with van der Waals surface area (Å²) < 4.78 is 5.10. The summed E-state index contributed by atoms with van der Waals surface area (Å²) in [6.45, 7) is 6.96. The van der Waals surface area contributed by atoms with Crippen LogP contribution in [0.2, 0.25) is 0 Å². The number of aldehydes is 4. The predicted molar refractivity (Wildman–Crippen MR) is 102 cm³/mol. The molecule has 0 saturated carbocycles. The molecule has 0 atom stereocenters. The van der Waals surface area contributed by atoms with Gasteiger partial charge in [-0.2, -0.15) is 0 Å². The molecule has 2 aromatic carbocycles. The Kier molecular flexibility index (Phi) is 7.60. The summed E-state index contributed by atoms with van der Waals surface area (Å²) in [5, 5.41) is 9.49. The van der Waals surface area contributed by atoms with E-state index in [2.05, 4.69) is 0 Å². The molecule has 0 aromatic heterocycles. The SMILES string of the molecule is COc1c(C)cc(C=O)c(C)c1C=O.Cc1cc(C)c(C=O)c(O)c1C=O. The minimum atomic E-state index is -0.220. The van der Waals surface area contributed by atoms with Gasteiger partial charge in [-0.05, 0) is 56.0 Å². The molecule has 27 heavy (non-hydrogen) atoms. The van der Waals surface area contributed by atoms with Crippen molar-refractivity contribution in [2.75, 3.05) is 7.11 Å². The first-order valence-electron chi connectivity index (χ1n) is 8.09. The summed E-state index contributed by atoms with van der Waals surface area (Å²) in [6, 6.07) is 3.42. The lowest BCUT2D eigenvalue weighted by atomic mass is 9.99.